The van der Waals surface area contributed by atoms with Crippen molar-refractivity contribution in [3.63, 3.8) is 0 Å². The molecule has 0 N–H and O–H groups in total. The predicted octanol–water partition coefficient (Wildman–Crippen LogP) is 2.37. The Balaban J connectivity index is 2.50. The molecule has 1 aromatic heterocycles. The molecule has 2 heterocycles. The fourth-order valence-electron chi connectivity index (χ4n) is 1.26. The highest BCUT2D eigenvalue weighted by Gasteiger charge is 2.08. The zero-order chi connectivity index (χ0) is 9.26. The Kier molecular flexibility index (Phi) is 2.31. The van der Waals surface area contributed by atoms with Gasteiger partial charge in [0.05, 0.1) is 11.9 Å². The molecule has 68 valence electrons. The van der Waals surface area contributed by atoms with Crippen LogP contribution in [0.1, 0.15) is 19.2 Å². The normalized spacial score (nSPS) is 15.1. The molecule has 0 saturated heterocycles. The summed E-state index contributed by atoms with van der Waals surface area (Å²) in [6, 6.07) is 0. The van der Waals surface area contributed by atoms with Crippen molar-refractivity contribution >= 4 is 21.6 Å². The largest absolute Gasteiger partial charge is 0.238 e. The van der Waals surface area contributed by atoms with Gasteiger partial charge in [-0.05, 0) is 28.4 Å². The Morgan fingerprint density at radius 1 is 1.62 bits per heavy atom. The first-order valence-electron chi connectivity index (χ1n) is 4.27. The molecule has 0 fully saturated rings. The number of fused-ring (bicyclic) bond motifs is 1. The topological polar surface area (TPSA) is 30.2 Å². The van der Waals surface area contributed by atoms with Crippen molar-refractivity contribution in [2.45, 2.75) is 19.8 Å². The van der Waals surface area contributed by atoms with Gasteiger partial charge in [0, 0.05) is 6.42 Å². The van der Waals surface area contributed by atoms with Gasteiger partial charge < -0.3 is 0 Å². The van der Waals surface area contributed by atoms with Crippen molar-refractivity contribution in [1.82, 2.24) is 9.66 Å². The van der Waals surface area contributed by atoms with E-state index < -0.39 is 0 Å². The van der Waals surface area contributed by atoms with Crippen molar-refractivity contribution < 1.29 is 0 Å². The molecular formula is C9H10BrN3. The molecule has 4 heteroatoms. The van der Waals surface area contributed by atoms with Crippen molar-refractivity contribution in [2.24, 2.45) is 5.10 Å². The average Bonchev–Trinajstić information content (AvgIpc) is 2.41. The van der Waals surface area contributed by atoms with Gasteiger partial charge in [-0.2, -0.15) is 5.10 Å². The van der Waals surface area contributed by atoms with Crippen molar-refractivity contribution in [3.8, 4) is 0 Å². The molecule has 1 aromatic rings. The zero-order valence-corrected chi connectivity index (χ0v) is 8.95. The van der Waals surface area contributed by atoms with E-state index in [0.29, 0.717) is 0 Å². The number of halogens is 1. The second kappa shape index (κ2) is 3.46. The minimum absolute atomic E-state index is 0.846. The first-order chi connectivity index (χ1) is 6.31. The maximum atomic E-state index is 4.45. The van der Waals surface area contributed by atoms with Gasteiger partial charge in [0.2, 0.25) is 0 Å². The fraction of sp³-hybridized carbons (Fsp3) is 0.333. The van der Waals surface area contributed by atoms with Crippen LogP contribution in [0.25, 0.3) is 0 Å². The number of aromatic nitrogens is 2. The summed E-state index contributed by atoms with van der Waals surface area (Å²) < 4.78 is 2.76. The molecule has 0 amide bonds. The van der Waals surface area contributed by atoms with E-state index in [1.165, 1.54) is 0 Å². The molecule has 0 atom stereocenters. The van der Waals surface area contributed by atoms with Gasteiger partial charge in [0.1, 0.15) is 10.4 Å². The van der Waals surface area contributed by atoms with E-state index in [1.807, 2.05) is 4.68 Å². The summed E-state index contributed by atoms with van der Waals surface area (Å²) in [7, 11) is 0. The van der Waals surface area contributed by atoms with Crippen molar-refractivity contribution in [1.29, 1.82) is 0 Å². The predicted molar refractivity (Wildman–Crippen MR) is 55.9 cm³/mol. The number of allylic oxidation sites excluding steroid dienone is 2. The van der Waals surface area contributed by atoms with Gasteiger partial charge in [-0.15, -0.1) is 0 Å². The summed E-state index contributed by atoms with van der Waals surface area (Å²) in [4.78, 5) is 4.24. The van der Waals surface area contributed by atoms with Crippen molar-refractivity contribution in [2.75, 3.05) is 0 Å². The minimum atomic E-state index is 0.846. The average molecular weight is 240 g/mol. The quantitative estimate of drug-likeness (QED) is 0.741. The fourth-order valence-corrected chi connectivity index (χ4v) is 1.64. The summed E-state index contributed by atoms with van der Waals surface area (Å²) in [6.45, 7) is 2.10. The third-order valence-corrected chi connectivity index (χ3v) is 2.51. The first kappa shape index (κ1) is 8.69. The van der Waals surface area contributed by atoms with E-state index in [0.717, 1.165) is 29.0 Å². The van der Waals surface area contributed by atoms with Crippen LogP contribution < -0.4 is 0 Å². The van der Waals surface area contributed by atoms with Gasteiger partial charge in [-0.3, -0.25) is 0 Å². The number of hydrogen-bond acceptors (Lipinski definition) is 2. The molecule has 0 radical (unpaired) electrons. The number of rotatable bonds is 1. The van der Waals surface area contributed by atoms with Crippen LogP contribution in [0.15, 0.2) is 28.1 Å². The zero-order valence-electron chi connectivity index (χ0n) is 7.37. The third-order valence-electron chi connectivity index (χ3n) is 1.97. The third kappa shape index (κ3) is 1.58. The summed E-state index contributed by atoms with van der Waals surface area (Å²) in [5.74, 6) is 0.978. The Labute approximate surface area is 85.3 Å². The van der Waals surface area contributed by atoms with Gasteiger partial charge >= 0.3 is 0 Å². The molecule has 13 heavy (non-hydrogen) atoms. The maximum Gasteiger partial charge on any atom is 0.135 e. The first-order valence-corrected chi connectivity index (χ1v) is 5.07. The molecule has 0 bridgehead atoms. The highest BCUT2D eigenvalue weighted by Crippen LogP contribution is 2.15. The van der Waals surface area contributed by atoms with Gasteiger partial charge in [0.25, 0.3) is 0 Å². The lowest BCUT2D eigenvalue weighted by atomic mass is 10.2. The Bertz CT molecular complexity index is 376. The van der Waals surface area contributed by atoms with Gasteiger partial charge in [-0.1, -0.05) is 13.0 Å². The van der Waals surface area contributed by atoms with Crippen LogP contribution in [0, 0.1) is 0 Å². The monoisotopic (exact) mass is 239 g/mol. The Morgan fingerprint density at radius 3 is 3.23 bits per heavy atom. The van der Waals surface area contributed by atoms with E-state index in [-0.39, 0.29) is 0 Å². The molecule has 1 aliphatic heterocycles. The lowest BCUT2D eigenvalue weighted by Gasteiger charge is -1.99. The van der Waals surface area contributed by atoms with Gasteiger partial charge in [0.15, 0.2) is 0 Å². The number of imidazole rings is 1. The summed E-state index contributed by atoms with van der Waals surface area (Å²) in [5.41, 5.74) is 1.08. The molecule has 0 aliphatic carbocycles. The van der Waals surface area contributed by atoms with E-state index in [1.54, 1.807) is 6.20 Å². The number of nitrogens with zero attached hydrogens (tertiary/aromatic N) is 3. The highest BCUT2D eigenvalue weighted by atomic mass is 79.9. The smallest absolute Gasteiger partial charge is 0.135 e. The van der Waals surface area contributed by atoms with Crippen molar-refractivity contribution in [3.05, 3.63) is 28.8 Å². The summed E-state index contributed by atoms with van der Waals surface area (Å²) in [6.07, 6.45) is 7.73. The summed E-state index contributed by atoms with van der Waals surface area (Å²) in [5, 5.41) is 4.45. The van der Waals surface area contributed by atoms with E-state index in [9.17, 15) is 0 Å². The second-order valence-electron chi connectivity index (χ2n) is 2.86. The molecule has 0 unspecified atom stereocenters. The molecule has 0 aromatic carbocycles. The van der Waals surface area contributed by atoms with E-state index in [4.69, 9.17) is 0 Å². The maximum absolute atomic E-state index is 4.45. The molecule has 1 aliphatic rings. The molecule has 0 saturated carbocycles. The lowest BCUT2D eigenvalue weighted by Crippen LogP contribution is -1.98. The second-order valence-corrected chi connectivity index (χ2v) is 3.67. The molecule has 2 rings (SSSR count). The van der Waals surface area contributed by atoms with Gasteiger partial charge in [-0.25, -0.2) is 9.66 Å². The molecule has 0 spiro atoms. The minimum Gasteiger partial charge on any atom is -0.238 e. The number of hydrogen-bond donors (Lipinski definition) is 0. The SMILES string of the molecule is CCC1=Nn2c(Br)cnc2CC=C1. The molecular weight excluding hydrogens is 230 g/mol. The van der Waals surface area contributed by atoms with Crippen LogP contribution in [-0.2, 0) is 6.42 Å². The lowest BCUT2D eigenvalue weighted by molar-refractivity contribution is 0.790. The molecule has 3 nitrogen and oxygen atoms in total. The highest BCUT2D eigenvalue weighted by molar-refractivity contribution is 9.10. The standard InChI is InChI=1S/C9H10BrN3/c1-2-7-4-3-5-9-11-6-8(10)13(9)12-7/h3-4,6H,2,5H2,1H3. The van der Waals surface area contributed by atoms with Crippen LogP contribution in [0.4, 0.5) is 0 Å². The van der Waals surface area contributed by atoms with Crippen LogP contribution in [0.2, 0.25) is 0 Å². The van der Waals surface area contributed by atoms with E-state index >= 15 is 0 Å². The van der Waals surface area contributed by atoms with E-state index in [2.05, 4.69) is 45.1 Å². The van der Waals surface area contributed by atoms with Crippen LogP contribution >= 0.6 is 15.9 Å². The van der Waals surface area contributed by atoms with Crippen LogP contribution in [0.5, 0.6) is 0 Å². The summed E-state index contributed by atoms with van der Waals surface area (Å²) >= 11 is 3.41. The van der Waals surface area contributed by atoms with Crippen LogP contribution in [-0.4, -0.2) is 15.4 Å². The van der Waals surface area contributed by atoms with Crippen LogP contribution in [0.3, 0.4) is 0 Å². The Morgan fingerprint density at radius 2 is 2.46 bits per heavy atom. The Hall–Kier alpha value is -0.900.